The first-order valence-electron chi connectivity index (χ1n) is 7.04. The molecule has 0 N–H and O–H groups in total. The average Bonchev–Trinajstić information content (AvgIpc) is 2.57. The molecule has 0 spiro atoms. The van der Waals surface area contributed by atoms with Crippen LogP contribution in [0.15, 0.2) is 48.5 Å². The molecule has 4 nitrogen and oxygen atoms in total. The number of hydrogen-bond acceptors (Lipinski definition) is 4. The van der Waals surface area contributed by atoms with E-state index in [9.17, 15) is 9.59 Å². The van der Waals surface area contributed by atoms with Crippen LogP contribution in [0.3, 0.4) is 0 Å². The number of methoxy groups -OCH3 is 2. The maximum absolute atomic E-state index is 9.59. The van der Waals surface area contributed by atoms with E-state index in [1.165, 1.54) is 38.8 Å². The Labute approximate surface area is 133 Å². The summed E-state index contributed by atoms with van der Waals surface area (Å²) in [6, 6.07) is 16.7. The highest BCUT2D eigenvalue weighted by atomic mass is 16.5. The molecule has 0 atom stereocenters. The topological polar surface area (TPSA) is 52.6 Å². The highest BCUT2D eigenvalue weighted by Crippen LogP contribution is 2.11. The maximum Gasteiger partial charge on any atom is 0.302 e. The number of fused-ring (bicyclic) bond motifs is 1. The lowest BCUT2D eigenvalue weighted by atomic mass is 10.1. The number of hydrogen-bond donors (Lipinski definition) is 0. The van der Waals surface area contributed by atoms with E-state index >= 15 is 0 Å². The summed E-state index contributed by atoms with van der Waals surface area (Å²) in [5, 5.41) is 2.62. The summed E-state index contributed by atoms with van der Waals surface area (Å²) >= 11 is 0. The second-order valence-corrected chi connectivity index (χ2v) is 3.74. The van der Waals surface area contributed by atoms with Crippen LogP contribution in [0.1, 0.15) is 27.7 Å². The van der Waals surface area contributed by atoms with Gasteiger partial charge in [-0.15, -0.1) is 0 Å². The van der Waals surface area contributed by atoms with Crippen molar-refractivity contribution in [3.63, 3.8) is 0 Å². The molecule has 0 fully saturated rings. The number of rotatable bonds is 0. The zero-order valence-corrected chi connectivity index (χ0v) is 14.3. The van der Waals surface area contributed by atoms with E-state index in [0.717, 1.165) is 0 Å². The molecule has 0 unspecified atom stereocenters. The molecular weight excluding hydrogens is 280 g/mol. The fraction of sp³-hybridized carbons (Fsp3) is 0.333. The van der Waals surface area contributed by atoms with Gasteiger partial charge >= 0.3 is 11.9 Å². The van der Waals surface area contributed by atoms with Gasteiger partial charge in [-0.1, -0.05) is 62.4 Å². The van der Waals surface area contributed by atoms with Gasteiger partial charge in [0.25, 0.3) is 0 Å². The summed E-state index contributed by atoms with van der Waals surface area (Å²) in [6.07, 6.45) is 0. The van der Waals surface area contributed by atoms with Crippen molar-refractivity contribution < 1.29 is 19.1 Å². The standard InChI is InChI=1S/C10H8.2C3H6O2.C2H6/c1-2-6-10-8-4-3-7-9(10)5-1;2*1-3(4)5-2;1-2/h1-8H;2*1-2H3;1-2H3. The van der Waals surface area contributed by atoms with E-state index in [-0.39, 0.29) is 11.9 Å². The van der Waals surface area contributed by atoms with E-state index in [4.69, 9.17) is 0 Å². The minimum Gasteiger partial charge on any atom is -0.469 e. The Balaban J connectivity index is 0. The number of carbonyl (C=O) groups is 2. The fourth-order valence-electron chi connectivity index (χ4n) is 1.13. The first-order chi connectivity index (χ1) is 10.5. The van der Waals surface area contributed by atoms with Crippen molar-refractivity contribution in [3.8, 4) is 0 Å². The molecule has 4 heteroatoms. The van der Waals surface area contributed by atoms with Crippen LogP contribution < -0.4 is 0 Å². The summed E-state index contributed by atoms with van der Waals surface area (Å²) in [5.74, 6) is -0.491. The zero-order valence-electron chi connectivity index (χ0n) is 14.3. The Morgan fingerprint density at radius 2 is 0.864 bits per heavy atom. The van der Waals surface area contributed by atoms with E-state index in [0.29, 0.717) is 0 Å². The van der Waals surface area contributed by atoms with Crippen molar-refractivity contribution >= 4 is 22.7 Å². The molecule has 2 aromatic carbocycles. The number of benzene rings is 2. The van der Waals surface area contributed by atoms with Crippen LogP contribution in [0.4, 0.5) is 0 Å². The van der Waals surface area contributed by atoms with Crippen molar-refractivity contribution in [2.24, 2.45) is 0 Å². The lowest BCUT2D eigenvalue weighted by Gasteiger charge is -1.92. The van der Waals surface area contributed by atoms with Gasteiger partial charge in [0.15, 0.2) is 0 Å². The van der Waals surface area contributed by atoms with Gasteiger partial charge in [-0.3, -0.25) is 9.59 Å². The fourth-order valence-corrected chi connectivity index (χ4v) is 1.13. The SMILES string of the molecule is CC.COC(C)=O.COC(C)=O.c1ccc2ccccc2c1. The Bertz CT molecular complexity index is 456. The van der Waals surface area contributed by atoms with E-state index in [2.05, 4.69) is 58.0 Å². The smallest absolute Gasteiger partial charge is 0.302 e. The van der Waals surface area contributed by atoms with Crippen LogP contribution in [0, 0.1) is 0 Å². The summed E-state index contributed by atoms with van der Waals surface area (Å²) < 4.78 is 8.22. The molecule has 0 aliphatic carbocycles. The quantitative estimate of drug-likeness (QED) is 0.684. The Morgan fingerprint density at radius 1 is 0.682 bits per heavy atom. The Kier molecular flexibility index (Phi) is 15.0. The number of ether oxygens (including phenoxy) is 2. The molecule has 0 radical (unpaired) electrons. The van der Waals surface area contributed by atoms with Gasteiger partial charge in [0.2, 0.25) is 0 Å². The average molecular weight is 306 g/mol. The van der Waals surface area contributed by atoms with Gasteiger partial charge in [0.05, 0.1) is 14.2 Å². The van der Waals surface area contributed by atoms with Crippen LogP contribution in [0.2, 0.25) is 0 Å². The van der Waals surface area contributed by atoms with Crippen LogP contribution >= 0.6 is 0 Å². The summed E-state index contributed by atoms with van der Waals surface area (Å²) in [4.78, 5) is 19.2. The second kappa shape index (κ2) is 15.0. The molecular formula is C18H26O4. The van der Waals surface area contributed by atoms with Gasteiger partial charge in [-0.05, 0) is 10.8 Å². The normalized spacial score (nSPS) is 7.91. The predicted octanol–water partition coefficient (Wildman–Crippen LogP) is 4.22. The highest BCUT2D eigenvalue weighted by Gasteiger charge is 1.85. The van der Waals surface area contributed by atoms with Crippen molar-refractivity contribution in [2.45, 2.75) is 27.7 Å². The second-order valence-electron chi connectivity index (χ2n) is 3.74. The summed E-state index contributed by atoms with van der Waals surface area (Å²) in [7, 11) is 2.70. The molecule has 0 saturated heterocycles. The molecule has 0 bridgehead atoms. The zero-order chi connectivity index (χ0) is 17.4. The molecule has 0 aliphatic rings. The Hall–Kier alpha value is -2.36. The summed E-state index contributed by atoms with van der Waals surface area (Å²) in [6.45, 7) is 6.72. The molecule has 122 valence electrons. The van der Waals surface area contributed by atoms with Gasteiger partial charge in [-0.25, -0.2) is 0 Å². The summed E-state index contributed by atoms with van der Waals surface area (Å²) in [5.41, 5.74) is 0. The van der Waals surface area contributed by atoms with Crippen LogP contribution in [-0.4, -0.2) is 26.2 Å². The van der Waals surface area contributed by atoms with Crippen molar-refractivity contribution in [1.29, 1.82) is 0 Å². The molecule has 0 amide bonds. The minimum atomic E-state index is -0.245. The molecule has 0 saturated carbocycles. The maximum atomic E-state index is 9.59. The van der Waals surface area contributed by atoms with Crippen LogP contribution in [0.25, 0.3) is 10.8 Å². The van der Waals surface area contributed by atoms with Crippen molar-refractivity contribution in [1.82, 2.24) is 0 Å². The first kappa shape index (κ1) is 21.9. The largest absolute Gasteiger partial charge is 0.469 e. The Morgan fingerprint density at radius 3 is 1.00 bits per heavy atom. The van der Waals surface area contributed by atoms with Gasteiger partial charge in [-0.2, -0.15) is 0 Å². The first-order valence-corrected chi connectivity index (χ1v) is 7.04. The third-order valence-corrected chi connectivity index (χ3v) is 2.23. The molecule has 0 heterocycles. The lowest BCUT2D eigenvalue weighted by Crippen LogP contribution is -1.88. The predicted molar refractivity (Wildman–Crippen MR) is 90.7 cm³/mol. The number of esters is 2. The van der Waals surface area contributed by atoms with Crippen LogP contribution in [-0.2, 0) is 19.1 Å². The monoisotopic (exact) mass is 306 g/mol. The van der Waals surface area contributed by atoms with Crippen LogP contribution in [0.5, 0.6) is 0 Å². The van der Waals surface area contributed by atoms with E-state index in [1.807, 2.05) is 13.8 Å². The molecule has 0 aromatic heterocycles. The lowest BCUT2D eigenvalue weighted by molar-refractivity contribution is -0.138. The van der Waals surface area contributed by atoms with Crippen molar-refractivity contribution in [2.75, 3.05) is 14.2 Å². The molecule has 2 rings (SSSR count). The van der Waals surface area contributed by atoms with Gasteiger partial charge in [0.1, 0.15) is 0 Å². The van der Waals surface area contributed by atoms with Gasteiger partial charge in [0, 0.05) is 13.8 Å². The number of carbonyl (C=O) groups excluding carboxylic acids is 2. The third-order valence-electron chi connectivity index (χ3n) is 2.23. The van der Waals surface area contributed by atoms with Gasteiger partial charge < -0.3 is 9.47 Å². The van der Waals surface area contributed by atoms with E-state index < -0.39 is 0 Å². The third kappa shape index (κ3) is 12.7. The highest BCUT2D eigenvalue weighted by molar-refractivity contribution is 5.82. The van der Waals surface area contributed by atoms with E-state index in [1.54, 1.807) is 0 Å². The van der Waals surface area contributed by atoms with Crippen molar-refractivity contribution in [3.05, 3.63) is 48.5 Å². The molecule has 22 heavy (non-hydrogen) atoms. The molecule has 2 aromatic rings. The minimum absolute atomic E-state index is 0.245. The molecule has 0 aliphatic heterocycles.